The molecule has 1 unspecified atom stereocenters. The molecule has 1 N–H and O–H groups in total. The van der Waals surface area contributed by atoms with E-state index in [0.717, 1.165) is 30.3 Å². The van der Waals surface area contributed by atoms with E-state index in [1.807, 2.05) is 0 Å². The van der Waals surface area contributed by atoms with Crippen LogP contribution in [0.3, 0.4) is 0 Å². The summed E-state index contributed by atoms with van der Waals surface area (Å²) in [7, 11) is 0. The molecule has 0 heterocycles. The number of ether oxygens (including phenoxy) is 1. The molecule has 2 aromatic carbocycles. The average Bonchev–Trinajstić information content (AvgIpc) is 2.62. The molecule has 170 valence electrons. The number of hydrogen-bond donors (Lipinski definition) is 1. The second kappa shape index (κ2) is 9.38. The molecule has 2 aromatic rings. The van der Waals surface area contributed by atoms with E-state index >= 15 is 0 Å². The molecule has 1 atom stereocenters. The van der Waals surface area contributed by atoms with Crippen molar-refractivity contribution in [1.82, 2.24) is 0 Å². The van der Waals surface area contributed by atoms with Crippen LogP contribution in [-0.4, -0.2) is 23.9 Å². The van der Waals surface area contributed by atoms with Crippen LogP contribution in [0, 0.1) is 5.92 Å². The highest BCUT2D eigenvalue weighted by atomic mass is 35.5. The van der Waals surface area contributed by atoms with Crippen molar-refractivity contribution in [3.8, 4) is 16.9 Å². The zero-order chi connectivity index (χ0) is 23.6. The summed E-state index contributed by atoms with van der Waals surface area (Å²) in [6, 6.07) is 6.10. The van der Waals surface area contributed by atoms with Crippen molar-refractivity contribution in [2.24, 2.45) is 5.92 Å². The van der Waals surface area contributed by atoms with Crippen molar-refractivity contribution in [1.29, 1.82) is 0 Å². The Labute approximate surface area is 179 Å². The van der Waals surface area contributed by atoms with Crippen LogP contribution >= 0.6 is 11.6 Å². The molecule has 0 amide bonds. The maximum Gasteiger partial charge on any atom is 0.422 e. The number of halogens is 7. The SMILES string of the molecule is CC(C)CC(C(=O)O)c1cc(Cl)c(-c2ccc(C(F)(F)F)cc2)c(OCC(F)(F)F)c1. The first-order valence-electron chi connectivity index (χ1n) is 9.12. The Morgan fingerprint density at radius 3 is 2.10 bits per heavy atom. The van der Waals surface area contributed by atoms with Crippen LogP contribution in [-0.2, 0) is 11.0 Å². The molecule has 10 heteroatoms. The maximum absolute atomic E-state index is 12.8. The smallest absolute Gasteiger partial charge is 0.422 e. The van der Waals surface area contributed by atoms with Gasteiger partial charge in [0.1, 0.15) is 5.75 Å². The van der Waals surface area contributed by atoms with Gasteiger partial charge in [-0.05, 0) is 47.7 Å². The number of aliphatic carboxylic acids is 1. The summed E-state index contributed by atoms with van der Waals surface area (Å²) in [5.41, 5.74) is -0.766. The summed E-state index contributed by atoms with van der Waals surface area (Å²) in [4.78, 5) is 11.7. The Bertz CT molecular complexity index is 920. The van der Waals surface area contributed by atoms with Crippen LogP contribution in [0.25, 0.3) is 11.1 Å². The van der Waals surface area contributed by atoms with E-state index in [-0.39, 0.29) is 39.8 Å². The largest absolute Gasteiger partial charge is 0.483 e. The minimum absolute atomic E-state index is 0.0333. The molecule has 0 saturated heterocycles. The average molecular weight is 469 g/mol. The fraction of sp³-hybridized carbons (Fsp3) is 0.381. The second-order valence-electron chi connectivity index (χ2n) is 7.38. The van der Waals surface area contributed by atoms with Gasteiger partial charge in [-0.3, -0.25) is 4.79 Å². The molecule has 0 bridgehead atoms. The lowest BCUT2D eigenvalue weighted by molar-refractivity contribution is -0.153. The van der Waals surface area contributed by atoms with Gasteiger partial charge >= 0.3 is 18.3 Å². The van der Waals surface area contributed by atoms with Gasteiger partial charge in [-0.15, -0.1) is 0 Å². The van der Waals surface area contributed by atoms with E-state index in [0.29, 0.717) is 0 Å². The van der Waals surface area contributed by atoms with Gasteiger partial charge in [0.2, 0.25) is 0 Å². The summed E-state index contributed by atoms with van der Waals surface area (Å²) in [6.07, 6.45) is -9.08. The fourth-order valence-corrected chi connectivity index (χ4v) is 3.36. The Kier molecular flexibility index (Phi) is 7.52. The molecule has 0 aliphatic carbocycles. The highest BCUT2D eigenvalue weighted by molar-refractivity contribution is 6.33. The van der Waals surface area contributed by atoms with Gasteiger partial charge in [-0.25, -0.2) is 0 Å². The number of carbonyl (C=O) groups is 1. The van der Waals surface area contributed by atoms with E-state index in [9.17, 15) is 36.2 Å². The Balaban J connectivity index is 2.59. The summed E-state index contributed by atoms with van der Waals surface area (Å²) in [5.74, 6) is -2.63. The van der Waals surface area contributed by atoms with Crippen LogP contribution in [0.5, 0.6) is 5.75 Å². The molecule has 31 heavy (non-hydrogen) atoms. The third-order valence-electron chi connectivity index (χ3n) is 4.38. The summed E-state index contributed by atoms with van der Waals surface area (Å²) in [5, 5.41) is 9.40. The van der Waals surface area contributed by atoms with E-state index in [1.165, 1.54) is 6.07 Å². The molecule has 0 radical (unpaired) electrons. The molecule has 0 saturated carbocycles. The van der Waals surface area contributed by atoms with Gasteiger partial charge in [0.05, 0.1) is 16.5 Å². The van der Waals surface area contributed by atoms with Crippen LogP contribution in [0.4, 0.5) is 26.3 Å². The zero-order valence-electron chi connectivity index (χ0n) is 16.4. The highest BCUT2D eigenvalue weighted by Gasteiger charge is 2.32. The Morgan fingerprint density at radius 1 is 1.06 bits per heavy atom. The lowest BCUT2D eigenvalue weighted by Crippen LogP contribution is -2.20. The topological polar surface area (TPSA) is 46.5 Å². The highest BCUT2D eigenvalue weighted by Crippen LogP contribution is 2.42. The molecular formula is C21H19ClF6O3. The minimum Gasteiger partial charge on any atom is -0.483 e. The van der Waals surface area contributed by atoms with Crippen molar-refractivity contribution in [2.75, 3.05) is 6.61 Å². The monoisotopic (exact) mass is 468 g/mol. The molecule has 2 rings (SSSR count). The maximum atomic E-state index is 12.8. The summed E-state index contributed by atoms with van der Waals surface area (Å²) < 4.78 is 81.6. The molecule has 0 aliphatic heterocycles. The van der Waals surface area contributed by atoms with Crippen molar-refractivity contribution < 1.29 is 41.0 Å². The number of rotatable bonds is 7. The van der Waals surface area contributed by atoms with Gasteiger partial charge in [0, 0.05) is 5.56 Å². The van der Waals surface area contributed by atoms with Gasteiger partial charge in [-0.2, -0.15) is 26.3 Å². The van der Waals surface area contributed by atoms with E-state index < -0.39 is 36.4 Å². The van der Waals surface area contributed by atoms with E-state index in [2.05, 4.69) is 0 Å². The van der Waals surface area contributed by atoms with Crippen molar-refractivity contribution in [2.45, 2.75) is 38.5 Å². The summed E-state index contributed by atoms with van der Waals surface area (Å²) >= 11 is 6.26. The number of benzene rings is 2. The molecule has 0 spiro atoms. The van der Waals surface area contributed by atoms with Gasteiger partial charge in [0.15, 0.2) is 6.61 Å². The first kappa shape index (κ1) is 24.8. The Morgan fingerprint density at radius 2 is 1.65 bits per heavy atom. The van der Waals surface area contributed by atoms with Crippen molar-refractivity contribution >= 4 is 17.6 Å². The third kappa shape index (κ3) is 6.78. The quantitative estimate of drug-likeness (QED) is 0.438. The van der Waals surface area contributed by atoms with E-state index in [1.54, 1.807) is 13.8 Å². The predicted octanol–water partition coefficient (Wildman–Crippen LogP) is 7.18. The third-order valence-corrected chi connectivity index (χ3v) is 4.67. The van der Waals surface area contributed by atoms with Crippen molar-refractivity contribution in [3.63, 3.8) is 0 Å². The molecule has 3 nitrogen and oxygen atoms in total. The standard InChI is InChI=1S/C21H19ClF6O3/c1-11(2)7-15(19(29)30)13-8-16(22)18(17(9-13)31-10-20(23,24)25)12-3-5-14(6-4-12)21(26,27)28/h3-6,8-9,11,15H,7,10H2,1-2H3,(H,29,30). The lowest BCUT2D eigenvalue weighted by Gasteiger charge is -2.20. The lowest BCUT2D eigenvalue weighted by atomic mass is 9.89. The van der Waals surface area contributed by atoms with E-state index in [4.69, 9.17) is 16.3 Å². The number of carboxylic acid groups (broad SMARTS) is 1. The van der Waals surface area contributed by atoms with Crippen molar-refractivity contribution in [3.05, 3.63) is 52.5 Å². The first-order chi connectivity index (χ1) is 14.2. The second-order valence-corrected chi connectivity index (χ2v) is 7.78. The number of alkyl halides is 6. The van der Waals surface area contributed by atoms with Gasteiger partial charge < -0.3 is 9.84 Å². The minimum atomic E-state index is -4.69. The fourth-order valence-electron chi connectivity index (χ4n) is 3.03. The first-order valence-corrected chi connectivity index (χ1v) is 9.50. The van der Waals surface area contributed by atoms with Crippen LogP contribution in [0.15, 0.2) is 36.4 Å². The van der Waals surface area contributed by atoms with Crippen LogP contribution in [0.2, 0.25) is 5.02 Å². The summed E-state index contributed by atoms with van der Waals surface area (Å²) in [6.45, 7) is 1.90. The normalized spacial score (nSPS) is 13.4. The number of carboxylic acids is 1. The predicted molar refractivity (Wildman–Crippen MR) is 103 cm³/mol. The Hall–Kier alpha value is -2.42. The van der Waals surface area contributed by atoms with Gasteiger partial charge in [0.25, 0.3) is 0 Å². The molecule has 0 fully saturated rings. The van der Waals surface area contributed by atoms with Crippen LogP contribution in [0.1, 0.15) is 37.3 Å². The molecular weight excluding hydrogens is 450 g/mol. The van der Waals surface area contributed by atoms with Gasteiger partial charge in [-0.1, -0.05) is 37.6 Å². The molecule has 0 aliphatic rings. The molecule has 0 aromatic heterocycles. The zero-order valence-corrected chi connectivity index (χ0v) is 17.2. The van der Waals surface area contributed by atoms with Crippen LogP contribution < -0.4 is 4.74 Å². The number of hydrogen-bond acceptors (Lipinski definition) is 2.